The molecule has 0 radical (unpaired) electrons. The molecule has 1 N–H and O–H groups in total. The van der Waals surface area contributed by atoms with Gasteiger partial charge in [-0.3, -0.25) is 4.90 Å². The molecule has 3 unspecified atom stereocenters. The molecule has 1 rings (SSSR count). The molecule has 2 heteroatoms. The van der Waals surface area contributed by atoms with Gasteiger partial charge in [-0.1, -0.05) is 41.0 Å². The van der Waals surface area contributed by atoms with Crippen LogP contribution in [0.15, 0.2) is 0 Å². The summed E-state index contributed by atoms with van der Waals surface area (Å²) < 4.78 is 0. The van der Waals surface area contributed by atoms with Gasteiger partial charge in [0.1, 0.15) is 0 Å². The number of nitrogens with zero attached hydrogens (tertiary/aromatic N) is 1. The molecule has 1 heterocycles. The van der Waals surface area contributed by atoms with Crippen molar-refractivity contribution in [2.45, 2.75) is 66.0 Å². The highest BCUT2D eigenvalue weighted by molar-refractivity contribution is 4.87. The summed E-state index contributed by atoms with van der Waals surface area (Å²) in [6, 6.07) is 1.44. The summed E-state index contributed by atoms with van der Waals surface area (Å²) in [6.45, 7) is 15.4. The van der Waals surface area contributed by atoms with Crippen molar-refractivity contribution in [2.75, 3.05) is 19.6 Å². The summed E-state index contributed by atoms with van der Waals surface area (Å²) in [7, 11) is 0. The highest BCUT2D eigenvalue weighted by atomic mass is 15.2. The molecule has 17 heavy (non-hydrogen) atoms. The Morgan fingerprint density at radius 2 is 1.94 bits per heavy atom. The molecule has 1 aliphatic rings. The fourth-order valence-corrected chi connectivity index (χ4v) is 3.02. The van der Waals surface area contributed by atoms with Gasteiger partial charge < -0.3 is 5.32 Å². The van der Waals surface area contributed by atoms with Gasteiger partial charge in [-0.25, -0.2) is 0 Å². The molecule has 0 saturated carbocycles. The summed E-state index contributed by atoms with van der Waals surface area (Å²) in [4.78, 5) is 2.75. The van der Waals surface area contributed by atoms with E-state index in [2.05, 4.69) is 44.8 Å². The molecule has 0 aromatic carbocycles. The van der Waals surface area contributed by atoms with E-state index in [0.29, 0.717) is 6.04 Å². The third-order valence-corrected chi connectivity index (χ3v) is 4.13. The molecule has 1 fully saturated rings. The highest BCUT2D eigenvalue weighted by Crippen LogP contribution is 2.19. The molecule has 2 nitrogen and oxygen atoms in total. The molecule has 0 spiro atoms. The zero-order valence-corrected chi connectivity index (χ0v) is 12.5. The van der Waals surface area contributed by atoms with Crippen LogP contribution in [0.2, 0.25) is 0 Å². The second kappa shape index (κ2) is 7.38. The second-order valence-corrected chi connectivity index (χ2v) is 6.17. The van der Waals surface area contributed by atoms with E-state index in [4.69, 9.17) is 0 Å². The Morgan fingerprint density at radius 3 is 2.47 bits per heavy atom. The first-order valence-corrected chi connectivity index (χ1v) is 7.55. The maximum atomic E-state index is 3.69. The quantitative estimate of drug-likeness (QED) is 0.767. The van der Waals surface area contributed by atoms with Crippen molar-refractivity contribution in [2.24, 2.45) is 11.8 Å². The number of rotatable bonds is 6. The fourth-order valence-electron chi connectivity index (χ4n) is 3.02. The van der Waals surface area contributed by atoms with Gasteiger partial charge in [-0.05, 0) is 24.7 Å². The Hall–Kier alpha value is -0.0800. The van der Waals surface area contributed by atoms with Crippen LogP contribution in [-0.2, 0) is 0 Å². The summed E-state index contributed by atoms with van der Waals surface area (Å²) in [6.07, 6.45) is 3.94. The summed E-state index contributed by atoms with van der Waals surface area (Å²) in [5, 5.41) is 3.69. The lowest BCUT2D eigenvalue weighted by Crippen LogP contribution is -2.58. The van der Waals surface area contributed by atoms with Gasteiger partial charge in [0.05, 0.1) is 0 Å². The van der Waals surface area contributed by atoms with Gasteiger partial charge in [-0.2, -0.15) is 0 Å². The van der Waals surface area contributed by atoms with E-state index in [1.165, 1.54) is 38.9 Å². The Kier molecular flexibility index (Phi) is 6.50. The Morgan fingerprint density at radius 1 is 1.24 bits per heavy atom. The minimum absolute atomic E-state index is 0.707. The zero-order chi connectivity index (χ0) is 12.8. The molecule has 0 aromatic heterocycles. The average Bonchev–Trinajstić information content (AvgIpc) is 2.28. The topological polar surface area (TPSA) is 15.3 Å². The first kappa shape index (κ1) is 15.0. The monoisotopic (exact) mass is 240 g/mol. The standard InChI is InChI=1S/C15H32N2/c1-6-8-13(5)10-17-11-14(7-2)16-9-15(17)12(3)4/h12-16H,6-11H2,1-5H3. The largest absolute Gasteiger partial charge is 0.311 e. The van der Waals surface area contributed by atoms with Crippen LogP contribution in [-0.4, -0.2) is 36.6 Å². The van der Waals surface area contributed by atoms with Crippen LogP contribution < -0.4 is 5.32 Å². The van der Waals surface area contributed by atoms with E-state index < -0.39 is 0 Å². The minimum atomic E-state index is 0.707. The first-order chi connectivity index (χ1) is 8.08. The zero-order valence-electron chi connectivity index (χ0n) is 12.5. The normalized spacial score (nSPS) is 28.6. The van der Waals surface area contributed by atoms with Gasteiger partial charge in [0.15, 0.2) is 0 Å². The Bertz CT molecular complexity index is 203. The third-order valence-electron chi connectivity index (χ3n) is 4.13. The average molecular weight is 240 g/mol. The van der Waals surface area contributed by atoms with E-state index in [9.17, 15) is 0 Å². The summed E-state index contributed by atoms with van der Waals surface area (Å²) in [5.41, 5.74) is 0. The molecule has 0 aromatic rings. The predicted octanol–water partition coefficient (Wildman–Crippen LogP) is 3.13. The lowest BCUT2D eigenvalue weighted by Gasteiger charge is -2.43. The van der Waals surface area contributed by atoms with Crippen molar-refractivity contribution in [1.29, 1.82) is 0 Å². The molecule has 0 bridgehead atoms. The van der Waals surface area contributed by atoms with Crippen LogP contribution >= 0.6 is 0 Å². The molecule has 1 saturated heterocycles. The Balaban J connectivity index is 2.54. The molecule has 0 aliphatic carbocycles. The lowest BCUT2D eigenvalue weighted by atomic mass is 9.95. The van der Waals surface area contributed by atoms with Crippen LogP contribution in [0.1, 0.15) is 53.9 Å². The van der Waals surface area contributed by atoms with Gasteiger partial charge in [0.25, 0.3) is 0 Å². The van der Waals surface area contributed by atoms with Crippen LogP contribution in [0.4, 0.5) is 0 Å². The molecule has 102 valence electrons. The van der Waals surface area contributed by atoms with Crippen molar-refractivity contribution in [3.8, 4) is 0 Å². The van der Waals surface area contributed by atoms with Crippen LogP contribution in [0.3, 0.4) is 0 Å². The maximum absolute atomic E-state index is 3.69. The number of nitrogens with one attached hydrogen (secondary N) is 1. The van der Waals surface area contributed by atoms with Crippen molar-refractivity contribution >= 4 is 0 Å². The van der Waals surface area contributed by atoms with E-state index in [1.807, 2.05) is 0 Å². The van der Waals surface area contributed by atoms with Crippen molar-refractivity contribution < 1.29 is 0 Å². The first-order valence-electron chi connectivity index (χ1n) is 7.55. The number of piperazine rings is 1. The van der Waals surface area contributed by atoms with E-state index in [1.54, 1.807) is 0 Å². The molecule has 3 atom stereocenters. The summed E-state index contributed by atoms with van der Waals surface area (Å²) >= 11 is 0. The van der Waals surface area contributed by atoms with Gasteiger partial charge in [-0.15, -0.1) is 0 Å². The van der Waals surface area contributed by atoms with Crippen molar-refractivity contribution in [1.82, 2.24) is 10.2 Å². The van der Waals surface area contributed by atoms with E-state index in [0.717, 1.165) is 17.9 Å². The number of hydrogen-bond donors (Lipinski definition) is 1. The third kappa shape index (κ3) is 4.59. The molecular formula is C15H32N2. The van der Waals surface area contributed by atoms with Crippen LogP contribution in [0.25, 0.3) is 0 Å². The number of hydrogen-bond acceptors (Lipinski definition) is 2. The molecule has 0 amide bonds. The van der Waals surface area contributed by atoms with Gasteiger partial charge >= 0.3 is 0 Å². The van der Waals surface area contributed by atoms with E-state index in [-0.39, 0.29) is 0 Å². The van der Waals surface area contributed by atoms with Crippen molar-refractivity contribution in [3.05, 3.63) is 0 Å². The minimum Gasteiger partial charge on any atom is -0.311 e. The van der Waals surface area contributed by atoms with Crippen LogP contribution in [0.5, 0.6) is 0 Å². The highest BCUT2D eigenvalue weighted by Gasteiger charge is 2.29. The summed E-state index contributed by atoms with van der Waals surface area (Å²) in [5.74, 6) is 1.60. The fraction of sp³-hybridized carbons (Fsp3) is 1.00. The van der Waals surface area contributed by atoms with E-state index >= 15 is 0 Å². The van der Waals surface area contributed by atoms with Crippen LogP contribution in [0, 0.1) is 11.8 Å². The van der Waals surface area contributed by atoms with Crippen molar-refractivity contribution in [3.63, 3.8) is 0 Å². The lowest BCUT2D eigenvalue weighted by molar-refractivity contribution is 0.0815. The molecular weight excluding hydrogens is 208 g/mol. The predicted molar refractivity (Wildman–Crippen MR) is 76.4 cm³/mol. The maximum Gasteiger partial charge on any atom is 0.0244 e. The SMILES string of the molecule is CCCC(C)CN1CC(CC)NCC1C(C)C. The second-order valence-electron chi connectivity index (χ2n) is 6.17. The smallest absolute Gasteiger partial charge is 0.0244 e. The van der Waals surface area contributed by atoms with Gasteiger partial charge in [0.2, 0.25) is 0 Å². The molecule has 1 aliphatic heterocycles. The van der Waals surface area contributed by atoms with Gasteiger partial charge in [0, 0.05) is 31.7 Å². The Labute approximate surface area is 108 Å².